The molecule has 1 N–H and O–H groups in total. The van der Waals surface area contributed by atoms with E-state index >= 15 is 0 Å². The zero-order valence-electron chi connectivity index (χ0n) is 8.84. The molecule has 0 amide bonds. The van der Waals surface area contributed by atoms with Crippen molar-refractivity contribution in [1.82, 2.24) is 0 Å². The molecule has 2 aliphatic rings. The third-order valence-corrected chi connectivity index (χ3v) is 3.74. The largest absolute Gasteiger partial charge is 0.393 e. The van der Waals surface area contributed by atoms with Crippen LogP contribution < -0.4 is 0 Å². The maximum atomic E-state index is 9.45. The van der Waals surface area contributed by atoms with Gasteiger partial charge in [-0.05, 0) is 30.6 Å². The van der Waals surface area contributed by atoms with E-state index < -0.39 is 0 Å². The van der Waals surface area contributed by atoms with Crippen molar-refractivity contribution in [2.24, 2.45) is 11.3 Å². The van der Waals surface area contributed by atoms with Crippen molar-refractivity contribution < 1.29 is 9.84 Å². The van der Waals surface area contributed by atoms with Gasteiger partial charge in [0.05, 0.1) is 18.3 Å². The summed E-state index contributed by atoms with van der Waals surface area (Å²) in [5, 5.41) is 9.45. The molecule has 2 saturated heterocycles. The third kappa shape index (κ3) is 1.31. The van der Waals surface area contributed by atoms with Crippen molar-refractivity contribution in [3.63, 3.8) is 0 Å². The molecule has 0 aromatic rings. The molecule has 0 saturated carbocycles. The fraction of sp³-hybridized carbons (Fsp3) is 1.00. The van der Waals surface area contributed by atoms with Gasteiger partial charge in [-0.25, -0.2) is 0 Å². The van der Waals surface area contributed by atoms with Crippen LogP contribution in [-0.4, -0.2) is 23.4 Å². The molecule has 3 unspecified atom stereocenters. The number of hydrogen-bond donors (Lipinski definition) is 1. The Kier molecular flexibility index (Phi) is 1.97. The highest BCUT2D eigenvalue weighted by atomic mass is 16.5. The lowest BCUT2D eigenvalue weighted by Gasteiger charge is -2.39. The van der Waals surface area contributed by atoms with Crippen molar-refractivity contribution in [3.8, 4) is 0 Å². The normalized spacial score (nSPS) is 44.3. The Balaban J connectivity index is 2.23. The minimum atomic E-state index is -0.192. The van der Waals surface area contributed by atoms with Crippen LogP contribution in [0.5, 0.6) is 0 Å². The van der Waals surface area contributed by atoms with E-state index in [4.69, 9.17) is 4.74 Å². The van der Waals surface area contributed by atoms with Gasteiger partial charge in [-0.15, -0.1) is 0 Å². The lowest BCUT2D eigenvalue weighted by molar-refractivity contribution is -0.0707. The molecular formula is C11H20O2. The lowest BCUT2D eigenvalue weighted by atomic mass is 9.66. The summed E-state index contributed by atoms with van der Waals surface area (Å²) in [6.45, 7) is 6.95. The molecular weight excluding hydrogens is 164 g/mol. The predicted molar refractivity (Wildman–Crippen MR) is 51.5 cm³/mol. The van der Waals surface area contributed by atoms with Gasteiger partial charge in [-0.2, -0.15) is 0 Å². The van der Waals surface area contributed by atoms with Crippen molar-refractivity contribution >= 4 is 0 Å². The van der Waals surface area contributed by atoms with E-state index in [0.717, 1.165) is 19.3 Å². The van der Waals surface area contributed by atoms with Gasteiger partial charge in [-0.1, -0.05) is 20.8 Å². The fourth-order valence-corrected chi connectivity index (χ4v) is 3.12. The minimum Gasteiger partial charge on any atom is -0.393 e. The van der Waals surface area contributed by atoms with Crippen molar-refractivity contribution in [2.75, 3.05) is 6.61 Å². The van der Waals surface area contributed by atoms with E-state index in [1.54, 1.807) is 0 Å². The van der Waals surface area contributed by atoms with Crippen LogP contribution in [0.25, 0.3) is 0 Å². The van der Waals surface area contributed by atoms with Gasteiger partial charge >= 0.3 is 0 Å². The second kappa shape index (κ2) is 2.71. The zero-order valence-corrected chi connectivity index (χ0v) is 8.84. The van der Waals surface area contributed by atoms with Gasteiger partial charge in [0, 0.05) is 0 Å². The van der Waals surface area contributed by atoms with Crippen LogP contribution in [0.1, 0.15) is 40.0 Å². The molecule has 76 valence electrons. The summed E-state index contributed by atoms with van der Waals surface area (Å²) in [6, 6.07) is 0. The van der Waals surface area contributed by atoms with Gasteiger partial charge in [0.1, 0.15) is 0 Å². The summed E-state index contributed by atoms with van der Waals surface area (Å²) in [5.74, 6) is 0.531. The Morgan fingerprint density at radius 3 is 2.54 bits per heavy atom. The Labute approximate surface area is 80.3 Å². The van der Waals surface area contributed by atoms with Crippen LogP contribution >= 0.6 is 0 Å². The van der Waals surface area contributed by atoms with E-state index in [1.807, 2.05) is 0 Å². The van der Waals surface area contributed by atoms with Gasteiger partial charge in [0.15, 0.2) is 0 Å². The summed E-state index contributed by atoms with van der Waals surface area (Å²) >= 11 is 0. The number of ether oxygens (including phenoxy) is 1. The quantitative estimate of drug-likeness (QED) is 0.675. The molecule has 0 aliphatic carbocycles. The summed E-state index contributed by atoms with van der Waals surface area (Å²) in [4.78, 5) is 0. The molecule has 2 nitrogen and oxygen atoms in total. The molecule has 3 atom stereocenters. The van der Waals surface area contributed by atoms with Crippen LogP contribution in [-0.2, 0) is 4.74 Å². The van der Waals surface area contributed by atoms with Crippen molar-refractivity contribution in [2.45, 2.75) is 51.7 Å². The number of aliphatic hydroxyl groups excluding tert-OH is 1. The first-order chi connectivity index (χ1) is 5.98. The highest BCUT2D eigenvalue weighted by Crippen LogP contribution is 2.53. The van der Waals surface area contributed by atoms with E-state index in [-0.39, 0.29) is 17.6 Å². The van der Waals surface area contributed by atoms with Crippen LogP contribution in [0.3, 0.4) is 0 Å². The van der Waals surface area contributed by atoms with Crippen molar-refractivity contribution in [3.05, 3.63) is 0 Å². The van der Waals surface area contributed by atoms with E-state index in [0.29, 0.717) is 12.0 Å². The third-order valence-electron chi connectivity index (χ3n) is 3.74. The molecule has 2 bridgehead atoms. The topological polar surface area (TPSA) is 29.5 Å². The number of hydrogen-bond acceptors (Lipinski definition) is 2. The maximum absolute atomic E-state index is 9.45. The summed E-state index contributed by atoms with van der Waals surface area (Å²) < 4.78 is 5.90. The van der Waals surface area contributed by atoms with E-state index in [1.165, 1.54) is 0 Å². The minimum absolute atomic E-state index is 0.192. The Bertz CT molecular complexity index is 207. The van der Waals surface area contributed by atoms with Crippen LogP contribution in [0, 0.1) is 11.3 Å². The lowest BCUT2D eigenvalue weighted by Crippen LogP contribution is -2.44. The molecule has 2 fully saturated rings. The number of rotatable bonds is 1. The Morgan fingerprint density at radius 1 is 1.46 bits per heavy atom. The number of fused-ring (bicyclic) bond motifs is 2. The van der Waals surface area contributed by atoms with Gasteiger partial charge in [-0.3, -0.25) is 0 Å². The molecule has 2 aliphatic heterocycles. The molecule has 2 heteroatoms. The molecule has 2 rings (SSSR count). The Morgan fingerprint density at radius 2 is 2.15 bits per heavy atom. The molecule has 0 aromatic carbocycles. The predicted octanol–water partition coefficient (Wildman–Crippen LogP) is 1.96. The Hall–Kier alpha value is -0.0800. The van der Waals surface area contributed by atoms with Gasteiger partial charge in [0.2, 0.25) is 0 Å². The smallest absolute Gasteiger partial charge is 0.0950 e. The monoisotopic (exact) mass is 184 g/mol. The average Bonchev–Trinajstić information content (AvgIpc) is 2.59. The first kappa shape index (κ1) is 9.47. The maximum Gasteiger partial charge on any atom is 0.0950 e. The molecule has 2 heterocycles. The van der Waals surface area contributed by atoms with Crippen LogP contribution in [0.15, 0.2) is 0 Å². The zero-order chi connectivity index (χ0) is 9.69. The van der Waals surface area contributed by atoms with Gasteiger partial charge in [0.25, 0.3) is 0 Å². The van der Waals surface area contributed by atoms with Crippen molar-refractivity contribution in [1.29, 1.82) is 0 Å². The first-order valence-corrected chi connectivity index (χ1v) is 5.27. The van der Waals surface area contributed by atoms with E-state index in [9.17, 15) is 5.11 Å². The highest BCUT2D eigenvalue weighted by molar-refractivity contribution is 5.05. The fourth-order valence-electron chi connectivity index (χ4n) is 3.12. The number of aliphatic hydroxyl groups is 1. The molecule has 0 aromatic heterocycles. The second-order valence-electron chi connectivity index (χ2n) is 5.66. The molecule has 13 heavy (non-hydrogen) atoms. The molecule has 0 radical (unpaired) electrons. The second-order valence-corrected chi connectivity index (χ2v) is 5.66. The van der Waals surface area contributed by atoms with Crippen LogP contribution in [0.4, 0.5) is 0 Å². The standard InChI is InChI=1S/C11H20O2/c1-10(2,3)9-6-8-4-5-11(9,7-12)13-8/h8-9,12H,4-7H2,1-3H3. The first-order valence-electron chi connectivity index (χ1n) is 5.27. The summed E-state index contributed by atoms with van der Waals surface area (Å²) in [7, 11) is 0. The SMILES string of the molecule is CC(C)(C)C1CC2CCC1(CO)O2. The van der Waals surface area contributed by atoms with Crippen LogP contribution in [0.2, 0.25) is 0 Å². The highest BCUT2D eigenvalue weighted by Gasteiger charge is 2.56. The molecule has 0 spiro atoms. The summed E-state index contributed by atoms with van der Waals surface area (Å²) in [5.41, 5.74) is 0.0703. The van der Waals surface area contributed by atoms with Gasteiger partial charge < -0.3 is 9.84 Å². The average molecular weight is 184 g/mol. The van der Waals surface area contributed by atoms with E-state index in [2.05, 4.69) is 20.8 Å². The summed E-state index contributed by atoms with van der Waals surface area (Å²) in [6.07, 6.45) is 3.77.